The third-order valence-corrected chi connectivity index (χ3v) is 6.77. The van der Waals surface area contributed by atoms with Gasteiger partial charge in [0.2, 0.25) is 5.91 Å². The first-order valence-electron chi connectivity index (χ1n) is 12.2. The van der Waals surface area contributed by atoms with Gasteiger partial charge in [-0.1, -0.05) is 54.1 Å². The molecule has 3 amide bonds. The van der Waals surface area contributed by atoms with Crippen molar-refractivity contribution in [1.82, 2.24) is 5.32 Å². The van der Waals surface area contributed by atoms with Gasteiger partial charge in [0, 0.05) is 32.9 Å². The fourth-order valence-electron chi connectivity index (χ4n) is 3.58. The van der Waals surface area contributed by atoms with Crippen molar-refractivity contribution >= 4 is 58.5 Å². The third-order valence-electron chi connectivity index (χ3n) is 5.53. The Hall–Kier alpha value is -4.53. The second-order valence-corrected chi connectivity index (χ2v) is 9.97. The first-order valence-corrected chi connectivity index (χ1v) is 13.6. The van der Waals surface area contributed by atoms with Crippen LogP contribution in [0.2, 0.25) is 5.02 Å². The van der Waals surface area contributed by atoms with Crippen molar-refractivity contribution in [2.75, 3.05) is 23.5 Å². The van der Waals surface area contributed by atoms with Crippen molar-refractivity contribution in [3.8, 4) is 5.75 Å². The van der Waals surface area contributed by atoms with Crippen LogP contribution in [0.25, 0.3) is 6.08 Å². The molecule has 0 unspecified atom stereocenters. The molecule has 4 aromatic rings. The number of thioether (sulfide) groups is 1. The van der Waals surface area contributed by atoms with Gasteiger partial charge < -0.3 is 20.7 Å². The van der Waals surface area contributed by atoms with Crippen LogP contribution in [-0.2, 0) is 9.59 Å². The van der Waals surface area contributed by atoms with Gasteiger partial charge >= 0.3 is 0 Å². The van der Waals surface area contributed by atoms with Crippen molar-refractivity contribution in [3.63, 3.8) is 0 Å². The zero-order chi connectivity index (χ0) is 28.3. The molecule has 7 nitrogen and oxygen atoms in total. The summed E-state index contributed by atoms with van der Waals surface area (Å²) in [4.78, 5) is 39.3. The smallest absolute Gasteiger partial charge is 0.272 e. The number of benzene rings is 4. The first-order chi connectivity index (χ1) is 19.4. The van der Waals surface area contributed by atoms with E-state index in [2.05, 4.69) is 16.0 Å². The van der Waals surface area contributed by atoms with E-state index in [0.717, 1.165) is 4.90 Å². The molecule has 0 spiro atoms. The Morgan fingerprint density at radius 1 is 0.825 bits per heavy atom. The number of nitrogens with one attached hydrogen (secondary N) is 3. The lowest BCUT2D eigenvalue weighted by molar-refractivity contribution is -0.114. The topological polar surface area (TPSA) is 96.5 Å². The van der Waals surface area contributed by atoms with E-state index in [1.165, 1.54) is 11.8 Å². The van der Waals surface area contributed by atoms with E-state index in [-0.39, 0.29) is 17.4 Å². The van der Waals surface area contributed by atoms with E-state index >= 15 is 0 Å². The maximum absolute atomic E-state index is 13.3. The average molecular weight is 572 g/mol. The molecule has 0 bridgehead atoms. The number of hydrogen-bond donors (Lipinski definition) is 3. The standard InChI is InChI=1S/C31H26ClN3O4S/c1-39-26-11-5-9-24(18-26)33-29(36)20-40-27-12-6-10-25(19-27)34-31(38)28(17-21-13-15-23(32)16-14-21)35-30(37)22-7-3-2-4-8-22/h2-19H,20H2,1H3,(H,33,36)(H,34,38)(H,35,37)/b28-17-. The Labute approximate surface area is 241 Å². The van der Waals surface area contributed by atoms with Crippen LogP contribution in [-0.4, -0.2) is 30.6 Å². The van der Waals surface area contributed by atoms with Gasteiger partial charge in [0.25, 0.3) is 11.8 Å². The van der Waals surface area contributed by atoms with E-state index in [0.29, 0.717) is 33.3 Å². The Morgan fingerprint density at radius 2 is 1.52 bits per heavy atom. The largest absolute Gasteiger partial charge is 0.497 e. The van der Waals surface area contributed by atoms with Gasteiger partial charge in [-0.3, -0.25) is 14.4 Å². The number of amides is 3. The van der Waals surface area contributed by atoms with Gasteiger partial charge in [-0.25, -0.2) is 0 Å². The number of methoxy groups -OCH3 is 1. The van der Waals surface area contributed by atoms with Gasteiger partial charge in [-0.15, -0.1) is 11.8 Å². The number of ether oxygens (including phenoxy) is 1. The van der Waals surface area contributed by atoms with E-state index in [1.54, 1.807) is 110 Å². The zero-order valence-electron chi connectivity index (χ0n) is 21.5. The molecule has 40 heavy (non-hydrogen) atoms. The molecule has 9 heteroatoms. The van der Waals surface area contributed by atoms with Crippen LogP contribution in [0, 0.1) is 0 Å². The SMILES string of the molecule is COc1cccc(NC(=O)CSc2cccc(NC(=O)/C(=C/c3ccc(Cl)cc3)NC(=O)c3ccccc3)c2)c1. The van der Waals surface area contributed by atoms with Gasteiger partial charge in [-0.2, -0.15) is 0 Å². The van der Waals surface area contributed by atoms with Crippen molar-refractivity contribution in [1.29, 1.82) is 0 Å². The minimum Gasteiger partial charge on any atom is -0.497 e. The van der Waals surface area contributed by atoms with Crippen LogP contribution < -0.4 is 20.7 Å². The molecule has 0 radical (unpaired) electrons. The number of halogens is 1. The molecule has 0 aliphatic rings. The van der Waals surface area contributed by atoms with Gasteiger partial charge in [0.1, 0.15) is 11.4 Å². The van der Waals surface area contributed by atoms with Crippen molar-refractivity contribution in [2.45, 2.75) is 4.90 Å². The minimum atomic E-state index is -0.503. The van der Waals surface area contributed by atoms with Gasteiger partial charge in [-0.05, 0) is 66.2 Å². The molecule has 0 aromatic heterocycles. The van der Waals surface area contributed by atoms with Crippen LogP contribution in [0.3, 0.4) is 0 Å². The average Bonchev–Trinajstić information content (AvgIpc) is 2.97. The summed E-state index contributed by atoms with van der Waals surface area (Å²) in [5.41, 5.74) is 2.33. The van der Waals surface area contributed by atoms with Crippen molar-refractivity contribution < 1.29 is 19.1 Å². The second-order valence-electron chi connectivity index (χ2n) is 8.48. The third kappa shape index (κ3) is 8.49. The van der Waals surface area contributed by atoms with Crippen LogP contribution in [0.15, 0.2) is 114 Å². The summed E-state index contributed by atoms with van der Waals surface area (Å²) in [6, 6.07) is 29.8. The number of carbonyl (C=O) groups is 3. The Bertz CT molecular complexity index is 1530. The summed E-state index contributed by atoms with van der Waals surface area (Å²) in [5, 5.41) is 8.95. The first kappa shape index (κ1) is 28.5. The Morgan fingerprint density at radius 3 is 2.25 bits per heavy atom. The highest BCUT2D eigenvalue weighted by atomic mass is 35.5. The summed E-state index contributed by atoms with van der Waals surface area (Å²) in [5.74, 6) is -0.272. The fraction of sp³-hybridized carbons (Fsp3) is 0.0645. The Balaban J connectivity index is 1.43. The quantitative estimate of drug-likeness (QED) is 0.149. The van der Waals surface area contributed by atoms with Crippen LogP contribution in [0.1, 0.15) is 15.9 Å². The molecule has 4 rings (SSSR count). The summed E-state index contributed by atoms with van der Waals surface area (Å²) >= 11 is 7.32. The number of hydrogen-bond acceptors (Lipinski definition) is 5. The summed E-state index contributed by atoms with van der Waals surface area (Å²) in [6.45, 7) is 0. The molecule has 0 aliphatic heterocycles. The maximum atomic E-state index is 13.3. The predicted molar refractivity (Wildman–Crippen MR) is 161 cm³/mol. The summed E-state index contributed by atoms with van der Waals surface area (Å²) < 4.78 is 5.19. The van der Waals surface area contributed by atoms with E-state index in [1.807, 2.05) is 6.07 Å². The molecule has 0 fully saturated rings. The summed E-state index contributed by atoms with van der Waals surface area (Å²) in [6.07, 6.45) is 1.58. The van der Waals surface area contributed by atoms with E-state index in [4.69, 9.17) is 16.3 Å². The molecular weight excluding hydrogens is 546 g/mol. The molecular formula is C31H26ClN3O4S. The molecule has 0 saturated carbocycles. The second kappa shape index (κ2) is 14.0. The lowest BCUT2D eigenvalue weighted by Gasteiger charge is -2.12. The number of rotatable bonds is 10. The predicted octanol–water partition coefficient (Wildman–Crippen LogP) is 6.49. The van der Waals surface area contributed by atoms with Crippen molar-refractivity contribution in [2.24, 2.45) is 0 Å². The normalized spacial score (nSPS) is 10.9. The van der Waals surface area contributed by atoms with Gasteiger partial charge in [0.15, 0.2) is 0 Å². The van der Waals surface area contributed by atoms with E-state index < -0.39 is 11.8 Å². The zero-order valence-corrected chi connectivity index (χ0v) is 23.1. The monoisotopic (exact) mass is 571 g/mol. The highest BCUT2D eigenvalue weighted by Gasteiger charge is 2.15. The number of anilines is 2. The maximum Gasteiger partial charge on any atom is 0.272 e. The molecule has 202 valence electrons. The lowest BCUT2D eigenvalue weighted by Crippen LogP contribution is -2.30. The number of carbonyl (C=O) groups excluding carboxylic acids is 3. The van der Waals surface area contributed by atoms with Crippen molar-refractivity contribution in [3.05, 3.63) is 125 Å². The highest BCUT2D eigenvalue weighted by Crippen LogP contribution is 2.23. The fourth-order valence-corrected chi connectivity index (χ4v) is 4.46. The van der Waals surface area contributed by atoms with E-state index in [9.17, 15) is 14.4 Å². The molecule has 4 aromatic carbocycles. The Kier molecular flexibility index (Phi) is 9.99. The molecule has 3 N–H and O–H groups in total. The molecule has 0 atom stereocenters. The lowest BCUT2D eigenvalue weighted by atomic mass is 10.1. The summed E-state index contributed by atoms with van der Waals surface area (Å²) in [7, 11) is 1.57. The molecule has 0 saturated heterocycles. The molecule has 0 heterocycles. The van der Waals surface area contributed by atoms with Crippen LogP contribution >= 0.6 is 23.4 Å². The minimum absolute atomic E-state index is 0.0619. The highest BCUT2D eigenvalue weighted by molar-refractivity contribution is 8.00. The van der Waals surface area contributed by atoms with Crippen LogP contribution in [0.4, 0.5) is 11.4 Å². The van der Waals surface area contributed by atoms with Gasteiger partial charge in [0.05, 0.1) is 12.9 Å². The molecule has 0 aliphatic carbocycles. The van der Waals surface area contributed by atoms with Crippen LogP contribution in [0.5, 0.6) is 5.75 Å².